The third kappa shape index (κ3) is 5.21. The predicted molar refractivity (Wildman–Crippen MR) is 96.0 cm³/mol. The Kier molecular flexibility index (Phi) is 7.05. The van der Waals surface area contributed by atoms with Gasteiger partial charge in [-0.1, -0.05) is 19.3 Å². The van der Waals surface area contributed by atoms with E-state index in [-0.39, 0.29) is 22.9 Å². The van der Waals surface area contributed by atoms with Crippen LogP contribution in [-0.4, -0.2) is 28.7 Å². The molecular formula is C17H25N3O3S. The van der Waals surface area contributed by atoms with E-state index in [1.807, 2.05) is 6.92 Å². The van der Waals surface area contributed by atoms with Crippen LogP contribution in [0.3, 0.4) is 0 Å². The van der Waals surface area contributed by atoms with Gasteiger partial charge in [-0.2, -0.15) is 0 Å². The molecule has 0 saturated heterocycles. The Morgan fingerprint density at radius 2 is 1.96 bits per heavy atom. The molecule has 2 unspecified atom stereocenters. The molecule has 0 aliphatic heterocycles. The lowest BCUT2D eigenvalue weighted by Gasteiger charge is -2.30. The van der Waals surface area contributed by atoms with Gasteiger partial charge in [0.05, 0.1) is 10.2 Å². The number of hydrogen-bond acceptors (Lipinski definition) is 5. The topological polar surface area (TPSA) is 98.3 Å². The van der Waals surface area contributed by atoms with Crippen molar-refractivity contribution >= 4 is 23.4 Å². The zero-order valence-electron chi connectivity index (χ0n) is 13.9. The number of nitrogens with two attached hydrogens (primary N) is 1. The molecule has 1 amide bonds. The molecule has 0 aromatic heterocycles. The number of hydrogen-bond donors (Lipinski definition) is 2. The van der Waals surface area contributed by atoms with Gasteiger partial charge in [0, 0.05) is 29.6 Å². The van der Waals surface area contributed by atoms with Crippen LogP contribution in [0.1, 0.15) is 39.0 Å². The van der Waals surface area contributed by atoms with Crippen LogP contribution in [0, 0.1) is 16.0 Å². The van der Waals surface area contributed by atoms with Gasteiger partial charge in [-0.05, 0) is 37.8 Å². The summed E-state index contributed by atoms with van der Waals surface area (Å²) < 4.78 is 0. The molecule has 1 aromatic carbocycles. The normalized spacial score (nSPS) is 17.9. The summed E-state index contributed by atoms with van der Waals surface area (Å²) in [7, 11) is 0. The lowest BCUT2D eigenvalue weighted by Crippen LogP contribution is -2.48. The second kappa shape index (κ2) is 9.03. The van der Waals surface area contributed by atoms with Gasteiger partial charge in [-0.25, -0.2) is 0 Å². The van der Waals surface area contributed by atoms with Crippen LogP contribution in [0.5, 0.6) is 0 Å². The lowest BCUT2D eigenvalue weighted by molar-refractivity contribution is -0.384. The Hall–Kier alpha value is -1.60. The summed E-state index contributed by atoms with van der Waals surface area (Å²) >= 11 is 1.40. The van der Waals surface area contributed by atoms with Crippen molar-refractivity contribution in [3.63, 3.8) is 0 Å². The maximum atomic E-state index is 12.4. The highest BCUT2D eigenvalue weighted by molar-refractivity contribution is 8.00. The predicted octanol–water partition coefficient (Wildman–Crippen LogP) is 3.10. The highest BCUT2D eigenvalue weighted by atomic mass is 32.2. The number of benzene rings is 1. The number of nitrogens with zero attached hydrogens (tertiary/aromatic N) is 1. The van der Waals surface area contributed by atoms with Crippen molar-refractivity contribution in [2.75, 3.05) is 6.54 Å². The minimum Gasteiger partial charge on any atom is -0.351 e. The molecule has 0 radical (unpaired) electrons. The summed E-state index contributed by atoms with van der Waals surface area (Å²) in [6, 6.07) is 6.30. The molecule has 3 N–H and O–H groups in total. The van der Waals surface area contributed by atoms with Crippen molar-refractivity contribution in [2.45, 2.75) is 55.2 Å². The minimum absolute atomic E-state index is 0.0284. The average molecular weight is 351 g/mol. The van der Waals surface area contributed by atoms with E-state index in [1.165, 1.54) is 43.2 Å². The second-order valence-corrected chi connectivity index (χ2v) is 7.67. The summed E-state index contributed by atoms with van der Waals surface area (Å²) in [5.74, 6) is 0.448. The quantitative estimate of drug-likeness (QED) is 0.447. The summed E-state index contributed by atoms with van der Waals surface area (Å²) in [5, 5.41) is 13.5. The largest absolute Gasteiger partial charge is 0.351 e. The number of nitro groups is 1. The SMILES string of the molecule is CC(Sc1ccc([N+](=O)[O-])cc1)C(=O)NC(CN)C1CCCCC1. The molecule has 2 atom stereocenters. The Labute approximate surface area is 146 Å². The minimum atomic E-state index is -0.430. The number of rotatable bonds is 7. The maximum absolute atomic E-state index is 12.4. The zero-order chi connectivity index (χ0) is 17.5. The van der Waals surface area contributed by atoms with E-state index in [2.05, 4.69) is 5.32 Å². The van der Waals surface area contributed by atoms with Gasteiger partial charge in [-0.15, -0.1) is 11.8 Å². The van der Waals surface area contributed by atoms with Crippen molar-refractivity contribution in [3.8, 4) is 0 Å². The highest BCUT2D eigenvalue weighted by Gasteiger charge is 2.26. The number of nitro benzene ring substituents is 1. The number of non-ortho nitro benzene ring substituents is 1. The highest BCUT2D eigenvalue weighted by Crippen LogP contribution is 2.28. The molecule has 1 aliphatic rings. The molecule has 1 aromatic rings. The van der Waals surface area contributed by atoms with Crippen molar-refractivity contribution in [1.82, 2.24) is 5.32 Å². The summed E-state index contributed by atoms with van der Waals surface area (Å²) in [5.41, 5.74) is 5.92. The van der Waals surface area contributed by atoms with E-state index in [0.717, 1.165) is 17.7 Å². The Bertz CT molecular complexity index is 559. The van der Waals surface area contributed by atoms with Gasteiger partial charge in [0.1, 0.15) is 0 Å². The Morgan fingerprint density at radius 3 is 2.50 bits per heavy atom. The molecule has 6 nitrogen and oxygen atoms in total. The molecule has 24 heavy (non-hydrogen) atoms. The molecule has 132 valence electrons. The van der Waals surface area contributed by atoms with E-state index in [9.17, 15) is 14.9 Å². The van der Waals surface area contributed by atoms with E-state index in [4.69, 9.17) is 5.73 Å². The summed E-state index contributed by atoms with van der Waals surface area (Å²) in [6.45, 7) is 2.31. The summed E-state index contributed by atoms with van der Waals surface area (Å²) in [6.07, 6.45) is 5.96. The number of nitrogens with one attached hydrogen (secondary N) is 1. The third-order valence-electron chi connectivity index (χ3n) is 4.53. The second-order valence-electron chi connectivity index (χ2n) is 6.26. The van der Waals surface area contributed by atoms with Gasteiger partial charge >= 0.3 is 0 Å². The van der Waals surface area contributed by atoms with E-state index >= 15 is 0 Å². The van der Waals surface area contributed by atoms with E-state index in [1.54, 1.807) is 12.1 Å². The fourth-order valence-electron chi connectivity index (χ4n) is 3.11. The smallest absolute Gasteiger partial charge is 0.269 e. The Balaban J connectivity index is 1.89. The first-order valence-corrected chi connectivity index (χ1v) is 9.30. The van der Waals surface area contributed by atoms with Gasteiger partial charge in [0.25, 0.3) is 5.69 Å². The van der Waals surface area contributed by atoms with E-state index < -0.39 is 4.92 Å². The molecule has 2 rings (SSSR count). The fourth-order valence-corrected chi connectivity index (χ4v) is 3.99. The Morgan fingerprint density at radius 1 is 1.33 bits per heavy atom. The van der Waals surface area contributed by atoms with Crippen molar-refractivity contribution < 1.29 is 9.72 Å². The molecular weight excluding hydrogens is 326 g/mol. The first-order chi connectivity index (χ1) is 11.5. The molecule has 0 heterocycles. The number of thioether (sulfide) groups is 1. The van der Waals surface area contributed by atoms with Crippen LogP contribution in [-0.2, 0) is 4.79 Å². The van der Waals surface area contributed by atoms with Gasteiger partial charge in [-0.3, -0.25) is 14.9 Å². The number of carbonyl (C=O) groups is 1. The first kappa shape index (κ1) is 18.7. The monoisotopic (exact) mass is 351 g/mol. The van der Waals surface area contributed by atoms with Gasteiger partial charge in [0.2, 0.25) is 5.91 Å². The molecule has 1 aliphatic carbocycles. The zero-order valence-corrected chi connectivity index (χ0v) is 14.8. The number of amides is 1. The van der Waals surface area contributed by atoms with Crippen LogP contribution < -0.4 is 11.1 Å². The van der Waals surface area contributed by atoms with Crippen LogP contribution in [0.4, 0.5) is 5.69 Å². The molecule has 7 heteroatoms. The standard InChI is InChI=1S/C17H25N3O3S/c1-12(24-15-9-7-14(8-10-15)20(22)23)17(21)19-16(11-18)13-5-3-2-4-6-13/h7-10,12-13,16H,2-6,11,18H2,1H3,(H,19,21). The fraction of sp³-hybridized carbons (Fsp3) is 0.588. The van der Waals surface area contributed by atoms with Crippen LogP contribution in [0.2, 0.25) is 0 Å². The van der Waals surface area contributed by atoms with Crippen LogP contribution in [0.25, 0.3) is 0 Å². The number of carbonyl (C=O) groups excluding carboxylic acids is 1. The molecule has 1 saturated carbocycles. The molecule has 0 bridgehead atoms. The van der Waals surface area contributed by atoms with Gasteiger partial charge in [0.15, 0.2) is 0 Å². The van der Waals surface area contributed by atoms with Crippen molar-refractivity contribution in [2.24, 2.45) is 11.7 Å². The van der Waals surface area contributed by atoms with Crippen molar-refractivity contribution in [3.05, 3.63) is 34.4 Å². The van der Waals surface area contributed by atoms with Gasteiger partial charge < -0.3 is 11.1 Å². The first-order valence-electron chi connectivity index (χ1n) is 8.43. The summed E-state index contributed by atoms with van der Waals surface area (Å²) in [4.78, 5) is 23.5. The third-order valence-corrected chi connectivity index (χ3v) is 5.64. The van der Waals surface area contributed by atoms with Crippen LogP contribution in [0.15, 0.2) is 29.2 Å². The lowest BCUT2D eigenvalue weighted by atomic mass is 9.84. The molecule has 0 spiro atoms. The average Bonchev–Trinajstić information content (AvgIpc) is 2.60. The maximum Gasteiger partial charge on any atom is 0.269 e. The molecule has 1 fully saturated rings. The van der Waals surface area contributed by atoms with E-state index in [0.29, 0.717) is 12.5 Å². The van der Waals surface area contributed by atoms with Crippen LogP contribution >= 0.6 is 11.8 Å². The van der Waals surface area contributed by atoms with Crippen molar-refractivity contribution in [1.29, 1.82) is 0 Å².